The predicted octanol–water partition coefficient (Wildman–Crippen LogP) is 3.43. The van der Waals surface area contributed by atoms with Crippen LogP contribution in [0.2, 0.25) is 5.02 Å². The average molecular weight is 294 g/mol. The Kier molecular flexibility index (Phi) is 3.09. The molecule has 0 spiro atoms. The van der Waals surface area contributed by atoms with Gasteiger partial charge in [0.25, 0.3) is 0 Å². The molecule has 0 atom stereocenters. The van der Waals surface area contributed by atoms with E-state index in [9.17, 15) is 18.0 Å². The number of ether oxygens (including phenoxy) is 1. The largest absolute Gasteiger partial charge is 0.573 e. The molecule has 0 aliphatic carbocycles. The van der Waals surface area contributed by atoms with Gasteiger partial charge in [0.1, 0.15) is 11.4 Å². The summed E-state index contributed by atoms with van der Waals surface area (Å²) in [5.41, 5.74) is 0.318. The number of carboxylic acid groups (broad SMARTS) is 1. The maximum absolute atomic E-state index is 12.2. The number of nitrogens with zero attached hydrogens (tertiary/aromatic N) is 1. The van der Waals surface area contributed by atoms with Gasteiger partial charge in [-0.15, -0.1) is 13.2 Å². The van der Waals surface area contributed by atoms with Crippen molar-refractivity contribution in [2.75, 3.05) is 0 Å². The molecule has 1 aromatic carbocycles. The third-order valence-corrected chi connectivity index (χ3v) is 2.96. The Morgan fingerprint density at radius 3 is 2.58 bits per heavy atom. The molecule has 0 saturated heterocycles. The van der Waals surface area contributed by atoms with Crippen molar-refractivity contribution in [1.82, 2.24) is 4.57 Å². The molecule has 0 radical (unpaired) electrons. The molecule has 19 heavy (non-hydrogen) atoms. The van der Waals surface area contributed by atoms with Crippen molar-refractivity contribution >= 4 is 28.5 Å². The van der Waals surface area contributed by atoms with E-state index < -0.39 is 18.1 Å². The third kappa shape index (κ3) is 2.46. The first kappa shape index (κ1) is 13.5. The highest BCUT2D eigenvalue weighted by atomic mass is 35.5. The lowest BCUT2D eigenvalue weighted by Crippen LogP contribution is -2.17. The third-order valence-electron chi connectivity index (χ3n) is 2.57. The second kappa shape index (κ2) is 4.34. The SMILES string of the molecule is Cn1c(C(=O)O)cc2c(Cl)c(OC(F)(F)F)ccc21. The molecule has 1 heterocycles. The highest BCUT2D eigenvalue weighted by Crippen LogP contribution is 2.37. The van der Waals surface area contributed by atoms with Crippen molar-refractivity contribution in [3.63, 3.8) is 0 Å². The van der Waals surface area contributed by atoms with Crippen molar-refractivity contribution in [2.24, 2.45) is 7.05 Å². The van der Waals surface area contributed by atoms with Crippen LogP contribution < -0.4 is 4.74 Å². The number of halogens is 4. The number of hydrogen-bond acceptors (Lipinski definition) is 2. The van der Waals surface area contributed by atoms with Crippen LogP contribution in [0.3, 0.4) is 0 Å². The molecule has 1 aromatic heterocycles. The molecular weight excluding hydrogens is 287 g/mol. The highest BCUT2D eigenvalue weighted by Gasteiger charge is 2.32. The number of carbonyl (C=O) groups is 1. The second-order valence-electron chi connectivity index (χ2n) is 3.75. The summed E-state index contributed by atoms with van der Waals surface area (Å²) in [5, 5.41) is 8.84. The molecule has 0 amide bonds. The molecule has 2 aromatic rings. The second-order valence-corrected chi connectivity index (χ2v) is 4.13. The van der Waals surface area contributed by atoms with Gasteiger partial charge >= 0.3 is 12.3 Å². The zero-order chi connectivity index (χ0) is 14.4. The Morgan fingerprint density at radius 1 is 1.42 bits per heavy atom. The molecule has 0 aliphatic rings. The highest BCUT2D eigenvalue weighted by molar-refractivity contribution is 6.37. The van der Waals surface area contributed by atoms with Gasteiger partial charge in [-0.25, -0.2) is 4.79 Å². The zero-order valence-electron chi connectivity index (χ0n) is 9.45. The Balaban J connectivity index is 2.62. The van der Waals surface area contributed by atoms with Crippen molar-refractivity contribution in [3.05, 3.63) is 28.9 Å². The predicted molar refractivity (Wildman–Crippen MR) is 61.6 cm³/mol. The Hall–Kier alpha value is -1.89. The summed E-state index contributed by atoms with van der Waals surface area (Å²) in [6.07, 6.45) is -4.86. The molecule has 0 fully saturated rings. The van der Waals surface area contributed by atoms with E-state index >= 15 is 0 Å². The number of alkyl halides is 3. The summed E-state index contributed by atoms with van der Waals surface area (Å²) in [6.45, 7) is 0. The van der Waals surface area contributed by atoms with Crippen LogP contribution in [0.15, 0.2) is 18.2 Å². The summed E-state index contributed by atoms with van der Waals surface area (Å²) in [7, 11) is 1.48. The quantitative estimate of drug-likeness (QED) is 0.923. The van der Waals surface area contributed by atoms with E-state index in [1.54, 1.807) is 0 Å². The number of fused-ring (bicyclic) bond motifs is 1. The van der Waals surface area contributed by atoms with Gasteiger partial charge in [0.2, 0.25) is 0 Å². The topological polar surface area (TPSA) is 51.5 Å². The number of aromatic nitrogens is 1. The van der Waals surface area contributed by atoms with Crippen LogP contribution in [0.1, 0.15) is 10.5 Å². The van der Waals surface area contributed by atoms with Crippen LogP contribution in [0.25, 0.3) is 10.9 Å². The van der Waals surface area contributed by atoms with E-state index in [0.717, 1.165) is 6.07 Å². The summed E-state index contributed by atoms with van der Waals surface area (Å²) in [6, 6.07) is 3.56. The first-order valence-corrected chi connectivity index (χ1v) is 5.35. The number of benzene rings is 1. The number of rotatable bonds is 2. The Labute approximate surface area is 109 Å². The average Bonchev–Trinajstić information content (AvgIpc) is 2.59. The van der Waals surface area contributed by atoms with Crippen molar-refractivity contribution < 1.29 is 27.8 Å². The lowest BCUT2D eigenvalue weighted by atomic mass is 10.2. The van der Waals surface area contributed by atoms with Crippen LogP contribution in [-0.4, -0.2) is 22.0 Å². The van der Waals surface area contributed by atoms with Gasteiger partial charge in [-0.3, -0.25) is 0 Å². The Bertz CT molecular complexity index is 663. The van der Waals surface area contributed by atoms with Crippen molar-refractivity contribution in [3.8, 4) is 5.75 Å². The van der Waals surface area contributed by atoms with Crippen LogP contribution in [0, 0.1) is 0 Å². The standard InChI is InChI=1S/C11H7ClF3NO3/c1-16-6-2-3-8(19-11(13,14)15)9(12)5(6)4-7(16)10(17)18/h2-4H,1H3,(H,17,18). The fourth-order valence-corrected chi connectivity index (χ4v) is 2.02. The van der Waals surface area contributed by atoms with E-state index in [1.807, 2.05) is 0 Å². The number of carboxylic acids is 1. The molecule has 0 saturated carbocycles. The van der Waals surface area contributed by atoms with E-state index in [0.29, 0.717) is 5.52 Å². The van der Waals surface area contributed by atoms with Crippen molar-refractivity contribution in [1.29, 1.82) is 0 Å². The monoisotopic (exact) mass is 293 g/mol. The first-order chi connectivity index (χ1) is 8.70. The lowest BCUT2D eigenvalue weighted by Gasteiger charge is -2.10. The first-order valence-electron chi connectivity index (χ1n) is 4.97. The van der Waals surface area contributed by atoms with E-state index in [2.05, 4.69) is 4.74 Å². The van der Waals surface area contributed by atoms with Crippen LogP contribution in [-0.2, 0) is 7.05 Å². The number of aryl methyl sites for hydroxylation is 1. The van der Waals surface area contributed by atoms with Crippen LogP contribution >= 0.6 is 11.6 Å². The van der Waals surface area contributed by atoms with Crippen LogP contribution in [0.4, 0.5) is 13.2 Å². The summed E-state index contributed by atoms with van der Waals surface area (Å²) in [5.74, 6) is -1.77. The molecule has 4 nitrogen and oxygen atoms in total. The van der Waals surface area contributed by atoms with E-state index in [1.165, 1.54) is 23.7 Å². The molecule has 0 bridgehead atoms. The summed E-state index contributed by atoms with van der Waals surface area (Å²) < 4.78 is 41.5. The molecule has 2 rings (SSSR count). The molecular formula is C11H7ClF3NO3. The van der Waals surface area contributed by atoms with Gasteiger partial charge in [-0.2, -0.15) is 0 Å². The minimum atomic E-state index is -4.86. The van der Waals surface area contributed by atoms with Gasteiger partial charge in [0.05, 0.1) is 10.5 Å². The molecule has 8 heteroatoms. The Morgan fingerprint density at radius 2 is 2.05 bits per heavy atom. The maximum atomic E-state index is 12.2. The van der Waals surface area contributed by atoms with Gasteiger partial charge in [0, 0.05) is 12.4 Å². The molecule has 102 valence electrons. The lowest BCUT2D eigenvalue weighted by molar-refractivity contribution is -0.274. The smallest absolute Gasteiger partial charge is 0.477 e. The van der Waals surface area contributed by atoms with Gasteiger partial charge < -0.3 is 14.4 Å². The minimum Gasteiger partial charge on any atom is -0.477 e. The van der Waals surface area contributed by atoms with Gasteiger partial charge in [-0.1, -0.05) is 11.6 Å². The van der Waals surface area contributed by atoms with E-state index in [-0.39, 0.29) is 16.1 Å². The van der Waals surface area contributed by atoms with Crippen LogP contribution in [0.5, 0.6) is 5.75 Å². The number of hydrogen-bond donors (Lipinski definition) is 1. The zero-order valence-corrected chi connectivity index (χ0v) is 10.2. The maximum Gasteiger partial charge on any atom is 0.573 e. The van der Waals surface area contributed by atoms with Gasteiger partial charge in [-0.05, 0) is 18.2 Å². The fraction of sp³-hybridized carbons (Fsp3) is 0.182. The molecule has 0 aliphatic heterocycles. The normalized spacial score (nSPS) is 11.8. The van der Waals surface area contributed by atoms with Crippen molar-refractivity contribution in [2.45, 2.75) is 6.36 Å². The fourth-order valence-electron chi connectivity index (χ4n) is 1.76. The van der Waals surface area contributed by atoms with E-state index in [4.69, 9.17) is 16.7 Å². The minimum absolute atomic E-state index is 0.0824. The number of aromatic carboxylic acids is 1. The molecule has 0 unspecified atom stereocenters. The summed E-state index contributed by atoms with van der Waals surface area (Å²) in [4.78, 5) is 10.9. The molecule has 1 N–H and O–H groups in total. The van der Waals surface area contributed by atoms with Gasteiger partial charge in [0.15, 0.2) is 0 Å². The summed E-state index contributed by atoms with van der Waals surface area (Å²) >= 11 is 5.81.